The fourth-order valence-electron chi connectivity index (χ4n) is 2.39. The van der Waals surface area contributed by atoms with E-state index in [0.717, 1.165) is 22.1 Å². The van der Waals surface area contributed by atoms with Gasteiger partial charge >= 0.3 is 5.69 Å². The number of carbonyl (C=O) groups is 1. The van der Waals surface area contributed by atoms with Gasteiger partial charge in [0.15, 0.2) is 0 Å². The summed E-state index contributed by atoms with van der Waals surface area (Å²) in [5.74, 6) is -0.490. The van der Waals surface area contributed by atoms with Crippen molar-refractivity contribution in [1.29, 1.82) is 0 Å². The van der Waals surface area contributed by atoms with Crippen LogP contribution in [0.2, 0.25) is 0 Å². The summed E-state index contributed by atoms with van der Waals surface area (Å²) in [7, 11) is 0. The van der Waals surface area contributed by atoms with Crippen LogP contribution in [0.4, 0.5) is 5.69 Å². The largest absolute Gasteiger partial charge is 0.350 e. The molecular formula is C14H19BrN6O3. The number of nitrogens with one attached hydrogen (secondary N) is 1. The summed E-state index contributed by atoms with van der Waals surface area (Å²) in [5, 5.41) is 22.0. The van der Waals surface area contributed by atoms with E-state index in [1.165, 1.54) is 4.68 Å². The Morgan fingerprint density at radius 2 is 2.12 bits per heavy atom. The number of aryl methyl sites for hydroxylation is 3. The van der Waals surface area contributed by atoms with Crippen LogP contribution in [0.15, 0.2) is 10.7 Å². The Morgan fingerprint density at radius 3 is 2.67 bits per heavy atom. The van der Waals surface area contributed by atoms with Crippen molar-refractivity contribution in [1.82, 2.24) is 24.9 Å². The molecule has 0 saturated carbocycles. The number of nitro groups is 1. The van der Waals surface area contributed by atoms with Crippen molar-refractivity contribution in [3.05, 3.63) is 37.9 Å². The molecule has 10 heteroatoms. The molecule has 0 aliphatic carbocycles. The Morgan fingerprint density at radius 1 is 1.42 bits per heavy atom. The Kier molecular flexibility index (Phi) is 5.71. The van der Waals surface area contributed by atoms with Gasteiger partial charge < -0.3 is 5.32 Å². The summed E-state index contributed by atoms with van der Waals surface area (Å²) in [6, 6.07) is 0. The smallest absolute Gasteiger partial charge is 0.320 e. The van der Waals surface area contributed by atoms with Gasteiger partial charge in [-0.3, -0.25) is 24.3 Å². The van der Waals surface area contributed by atoms with E-state index < -0.39 is 10.8 Å². The van der Waals surface area contributed by atoms with Gasteiger partial charge in [0.05, 0.1) is 15.1 Å². The number of hydrogen-bond donors (Lipinski definition) is 1. The first kappa shape index (κ1) is 18.1. The number of amides is 1. The SMILES string of the molecule is CCn1ncc([N+](=O)[O-])c1C(=O)NCCCn1nc(C)c(Br)c1C. The summed E-state index contributed by atoms with van der Waals surface area (Å²) in [6.45, 7) is 7.07. The molecule has 0 unspecified atom stereocenters. The lowest BCUT2D eigenvalue weighted by Crippen LogP contribution is -2.28. The predicted molar refractivity (Wildman–Crippen MR) is 90.9 cm³/mol. The number of aromatic nitrogens is 4. The molecule has 0 spiro atoms. The molecule has 0 atom stereocenters. The molecular weight excluding hydrogens is 380 g/mol. The molecule has 1 N–H and O–H groups in total. The van der Waals surface area contributed by atoms with Gasteiger partial charge in [-0.25, -0.2) is 0 Å². The second-order valence-corrected chi connectivity index (χ2v) is 6.06. The molecule has 1 amide bonds. The second kappa shape index (κ2) is 7.56. The number of rotatable bonds is 7. The lowest BCUT2D eigenvalue weighted by molar-refractivity contribution is -0.385. The van der Waals surface area contributed by atoms with Crippen LogP contribution in [-0.4, -0.2) is 36.9 Å². The molecule has 2 heterocycles. The van der Waals surface area contributed by atoms with Gasteiger partial charge in [-0.15, -0.1) is 0 Å². The fraction of sp³-hybridized carbons (Fsp3) is 0.500. The minimum atomic E-state index is -0.596. The Bertz CT molecular complexity index is 767. The quantitative estimate of drug-likeness (QED) is 0.436. The first-order chi connectivity index (χ1) is 11.4. The monoisotopic (exact) mass is 398 g/mol. The van der Waals surface area contributed by atoms with E-state index in [-0.39, 0.29) is 11.4 Å². The third-order valence-corrected chi connectivity index (χ3v) is 4.80. The maximum atomic E-state index is 12.2. The molecule has 24 heavy (non-hydrogen) atoms. The van der Waals surface area contributed by atoms with E-state index >= 15 is 0 Å². The lowest BCUT2D eigenvalue weighted by atomic mass is 10.3. The summed E-state index contributed by atoms with van der Waals surface area (Å²) in [4.78, 5) is 22.6. The highest BCUT2D eigenvalue weighted by molar-refractivity contribution is 9.10. The Balaban J connectivity index is 1.95. The third-order valence-electron chi connectivity index (χ3n) is 3.66. The van der Waals surface area contributed by atoms with E-state index in [9.17, 15) is 14.9 Å². The van der Waals surface area contributed by atoms with E-state index in [0.29, 0.717) is 26.1 Å². The van der Waals surface area contributed by atoms with E-state index in [1.54, 1.807) is 6.92 Å². The summed E-state index contributed by atoms with van der Waals surface area (Å²) < 4.78 is 4.17. The molecule has 2 aromatic rings. The maximum Gasteiger partial charge on any atom is 0.320 e. The molecule has 0 aliphatic rings. The maximum absolute atomic E-state index is 12.2. The van der Waals surface area contributed by atoms with E-state index in [2.05, 4.69) is 31.4 Å². The molecule has 2 rings (SSSR count). The molecule has 0 saturated heterocycles. The van der Waals surface area contributed by atoms with Crippen molar-refractivity contribution >= 4 is 27.5 Å². The first-order valence-corrected chi connectivity index (χ1v) is 8.34. The van der Waals surface area contributed by atoms with Crippen LogP contribution in [0.5, 0.6) is 0 Å². The highest BCUT2D eigenvalue weighted by atomic mass is 79.9. The predicted octanol–water partition coefficient (Wildman–Crippen LogP) is 2.21. The van der Waals surface area contributed by atoms with E-state index in [4.69, 9.17) is 0 Å². The molecule has 0 radical (unpaired) electrons. The lowest BCUT2D eigenvalue weighted by Gasteiger charge is -2.07. The van der Waals surface area contributed by atoms with Crippen molar-refractivity contribution in [2.24, 2.45) is 0 Å². The van der Waals surface area contributed by atoms with Crippen LogP contribution in [0.25, 0.3) is 0 Å². The summed E-state index contributed by atoms with van der Waals surface area (Å²) in [5.41, 5.74) is 1.64. The molecule has 9 nitrogen and oxygen atoms in total. The molecule has 0 fully saturated rings. The topological polar surface area (TPSA) is 108 Å². The number of carbonyl (C=O) groups excluding carboxylic acids is 1. The third kappa shape index (κ3) is 3.64. The van der Waals surface area contributed by atoms with Crippen LogP contribution in [-0.2, 0) is 13.1 Å². The molecule has 0 aliphatic heterocycles. The molecule has 130 valence electrons. The minimum absolute atomic E-state index is 0.0173. The Hall–Kier alpha value is -2.23. The summed E-state index contributed by atoms with van der Waals surface area (Å²) in [6.07, 6.45) is 1.76. The number of nitrogens with zero attached hydrogens (tertiary/aromatic N) is 5. The normalized spacial score (nSPS) is 10.8. The van der Waals surface area contributed by atoms with Gasteiger partial charge in [0.2, 0.25) is 5.69 Å². The number of halogens is 1. The van der Waals surface area contributed by atoms with Crippen LogP contribution in [0.3, 0.4) is 0 Å². The van der Waals surface area contributed by atoms with Gasteiger partial charge in [0.1, 0.15) is 6.20 Å². The van der Waals surface area contributed by atoms with Gasteiger partial charge in [-0.2, -0.15) is 10.2 Å². The number of hydrogen-bond acceptors (Lipinski definition) is 5. The highest BCUT2D eigenvalue weighted by Crippen LogP contribution is 2.20. The van der Waals surface area contributed by atoms with Crippen molar-refractivity contribution in [2.75, 3.05) is 6.54 Å². The van der Waals surface area contributed by atoms with Crippen LogP contribution in [0.1, 0.15) is 35.2 Å². The zero-order valence-electron chi connectivity index (χ0n) is 13.7. The van der Waals surface area contributed by atoms with Crippen LogP contribution < -0.4 is 5.32 Å². The van der Waals surface area contributed by atoms with Crippen molar-refractivity contribution < 1.29 is 9.72 Å². The molecule has 0 bridgehead atoms. The zero-order chi connectivity index (χ0) is 17.9. The van der Waals surface area contributed by atoms with E-state index in [1.807, 2.05) is 18.5 Å². The van der Waals surface area contributed by atoms with Crippen molar-refractivity contribution in [3.63, 3.8) is 0 Å². The first-order valence-electron chi connectivity index (χ1n) is 7.54. The minimum Gasteiger partial charge on any atom is -0.350 e. The molecule has 0 aromatic carbocycles. The van der Waals surface area contributed by atoms with Crippen molar-refractivity contribution in [3.8, 4) is 0 Å². The van der Waals surface area contributed by atoms with Crippen LogP contribution in [0, 0.1) is 24.0 Å². The summed E-state index contributed by atoms with van der Waals surface area (Å²) >= 11 is 3.47. The standard InChI is InChI=1S/C14H19BrN6O3/c1-4-19-13(11(8-17-19)21(23)24)14(22)16-6-5-7-20-10(3)12(15)9(2)18-20/h8H,4-7H2,1-3H3,(H,16,22). The average Bonchev–Trinajstić information content (AvgIpc) is 3.08. The second-order valence-electron chi connectivity index (χ2n) is 5.27. The average molecular weight is 399 g/mol. The van der Waals surface area contributed by atoms with Crippen molar-refractivity contribution in [2.45, 2.75) is 40.3 Å². The Labute approximate surface area is 147 Å². The zero-order valence-corrected chi connectivity index (χ0v) is 15.3. The van der Waals surface area contributed by atoms with Gasteiger partial charge in [-0.1, -0.05) is 0 Å². The van der Waals surface area contributed by atoms with Gasteiger partial charge in [0.25, 0.3) is 5.91 Å². The fourth-order valence-corrected chi connectivity index (χ4v) is 2.67. The van der Waals surface area contributed by atoms with Gasteiger partial charge in [-0.05, 0) is 43.1 Å². The van der Waals surface area contributed by atoms with Gasteiger partial charge in [0, 0.05) is 25.3 Å². The highest BCUT2D eigenvalue weighted by Gasteiger charge is 2.25. The van der Waals surface area contributed by atoms with Crippen LogP contribution >= 0.6 is 15.9 Å². The molecule has 2 aromatic heterocycles.